The number of allylic oxidation sites excluding steroid dienone is 1. The van der Waals surface area contributed by atoms with Gasteiger partial charge in [-0.05, 0) is 42.7 Å². The number of aromatic amines is 1. The van der Waals surface area contributed by atoms with E-state index >= 15 is 0 Å². The van der Waals surface area contributed by atoms with Crippen molar-refractivity contribution in [3.05, 3.63) is 65.1 Å². The first-order valence-corrected chi connectivity index (χ1v) is 10.2. The monoisotopic (exact) mass is 415 g/mol. The third-order valence-corrected chi connectivity index (χ3v) is 5.55. The van der Waals surface area contributed by atoms with Crippen molar-refractivity contribution in [1.82, 2.24) is 14.9 Å². The fourth-order valence-electron chi connectivity index (χ4n) is 3.73. The summed E-state index contributed by atoms with van der Waals surface area (Å²) in [6.07, 6.45) is 6.50. The summed E-state index contributed by atoms with van der Waals surface area (Å²) in [6, 6.07) is 10.1. The van der Waals surface area contributed by atoms with Gasteiger partial charge in [0.1, 0.15) is 5.75 Å². The van der Waals surface area contributed by atoms with Crippen LogP contribution in [0, 0.1) is 36.5 Å². The van der Waals surface area contributed by atoms with Gasteiger partial charge in [-0.3, -0.25) is 9.88 Å². The number of aromatic nitrogens is 2. The van der Waals surface area contributed by atoms with Crippen LogP contribution in [-0.2, 0) is 11.3 Å². The lowest BCUT2D eigenvalue weighted by molar-refractivity contribution is -0.0264. The molecular formula is C24H25N5O2. The Morgan fingerprint density at radius 1 is 1.35 bits per heavy atom. The molecular weight excluding hydrogens is 390 g/mol. The van der Waals surface area contributed by atoms with E-state index in [1.165, 1.54) is 6.21 Å². The molecule has 1 saturated heterocycles. The number of nitriles is 1. The predicted octanol–water partition coefficient (Wildman–Crippen LogP) is 4.18. The van der Waals surface area contributed by atoms with Crippen LogP contribution in [0.4, 0.5) is 0 Å². The average Bonchev–Trinajstić information content (AvgIpc) is 3.10. The molecule has 3 heterocycles. The van der Waals surface area contributed by atoms with Gasteiger partial charge in [0.25, 0.3) is 0 Å². The number of benzene rings is 1. The van der Waals surface area contributed by atoms with Gasteiger partial charge in [0.15, 0.2) is 5.76 Å². The number of nitrogens with one attached hydrogen (secondary N) is 2. The molecule has 0 bridgehead atoms. The topological polar surface area (TPSA) is 98.0 Å². The summed E-state index contributed by atoms with van der Waals surface area (Å²) >= 11 is 0. The SMILES string of the molecule is Cc1c(COCN2CC(C#N)C2)c[nH]c1/C(=C\C=N)Oc1ccnc2c(C)cccc12. The lowest BCUT2D eigenvalue weighted by Gasteiger charge is -2.34. The quantitative estimate of drug-likeness (QED) is 0.425. The molecule has 1 fully saturated rings. The summed E-state index contributed by atoms with van der Waals surface area (Å²) in [5, 5.41) is 17.4. The zero-order valence-corrected chi connectivity index (χ0v) is 17.7. The van der Waals surface area contributed by atoms with Gasteiger partial charge in [0.05, 0.1) is 36.5 Å². The van der Waals surface area contributed by atoms with Gasteiger partial charge < -0.3 is 19.9 Å². The summed E-state index contributed by atoms with van der Waals surface area (Å²) < 4.78 is 12.1. The molecule has 0 unspecified atom stereocenters. The highest BCUT2D eigenvalue weighted by atomic mass is 16.5. The van der Waals surface area contributed by atoms with E-state index < -0.39 is 0 Å². The van der Waals surface area contributed by atoms with E-state index in [1.807, 2.05) is 44.3 Å². The number of likely N-dealkylation sites (tertiary alicyclic amines) is 1. The van der Waals surface area contributed by atoms with Crippen LogP contribution in [0.25, 0.3) is 16.7 Å². The minimum absolute atomic E-state index is 0.128. The van der Waals surface area contributed by atoms with Crippen LogP contribution >= 0.6 is 0 Å². The summed E-state index contributed by atoms with van der Waals surface area (Å²) in [4.78, 5) is 9.85. The summed E-state index contributed by atoms with van der Waals surface area (Å²) in [6.45, 7) is 6.55. The second-order valence-corrected chi connectivity index (χ2v) is 7.73. The molecule has 7 heteroatoms. The van der Waals surface area contributed by atoms with Crippen LogP contribution in [-0.4, -0.2) is 40.9 Å². The number of hydrogen-bond donors (Lipinski definition) is 2. The Morgan fingerprint density at radius 2 is 2.19 bits per heavy atom. The molecule has 1 aliphatic heterocycles. The highest BCUT2D eigenvalue weighted by molar-refractivity contribution is 5.89. The van der Waals surface area contributed by atoms with Crippen molar-refractivity contribution >= 4 is 22.9 Å². The number of H-pyrrole nitrogens is 1. The van der Waals surface area contributed by atoms with E-state index in [2.05, 4.69) is 20.9 Å². The van der Waals surface area contributed by atoms with E-state index in [-0.39, 0.29) is 5.92 Å². The third kappa shape index (κ3) is 4.36. The highest BCUT2D eigenvalue weighted by Crippen LogP contribution is 2.31. The van der Waals surface area contributed by atoms with Crippen molar-refractivity contribution in [2.45, 2.75) is 20.5 Å². The molecule has 0 aliphatic carbocycles. The molecule has 158 valence electrons. The fourth-order valence-corrected chi connectivity index (χ4v) is 3.73. The molecule has 7 nitrogen and oxygen atoms in total. The summed E-state index contributed by atoms with van der Waals surface area (Å²) in [7, 11) is 0. The maximum Gasteiger partial charge on any atom is 0.152 e. The van der Waals surface area contributed by atoms with Crippen LogP contribution in [0.1, 0.15) is 22.4 Å². The van der Waals surface area contributed by atoms with Crippen LogP contribution in [0.2, 0.25) is 0 Å². The Balaban J connectivity index is 1.50. The number of para-hydroxylation sites is 1. The molecule has 1 aromatic carbocycles. The molecule has 2 N–H and O–H groups in total. The normalized spacial score (nSPS) is 14.9. The average molecular weight is 415 g/mol. The van der Waals surface area contributed by atoms with Crippen LogP contribution in [0.3, 0.4) is 0 Å². The van der Waals surface area contributed by atoms with E-state index in [0.717, 1.165) is 46.4 Å². The summed E-state index contributed by atoms with van der Waals surface area (Å²) in [5.41, 5.74) is 4.84. The van der Waals surface area contributed by atoms with Crippen LogP contribution in [0.5, 0.6) is 5.75 Å². The first-order chi connectivity index (χ1) is 15.1. The largest absolute Gasteiger partial charge is 0.454 e. The van der Waals surface area contributed by atoms with Crippen molar-refractivity contribution in [3.63, 3.8) is 0 Å². The molecule has 0 saturated carbocycles. The molecule has 3 aromatic rings. The molecule has 1 aliphatic rings. The zero-order valence-electron chi connectivity index (χ0n) is 17.7. The van der Waals surface area contributed by atoms with Gasteiger partial charge in [-0.15, -0.1) is 0 Å². The van der Waals surface area contributed by atoms with E-state index in [1.54, 1.807) is 12.3 Å². The number of ether oxygens (including phenoxy) is 2. The van der Waals surface area contributed by atoms with Crippen molar-refractivity contribution in [1.29, 1.82) is 10.7 Å². The van der Waals surface area contributed by atoms with Gasteiger partial charge >= 0.3 is 0 Å². The molecule has 0 spiro atoms. The van der Waals surface area contributed by atoms with Crippen LogP contribution < -0.4 is 4.74 Å². The van der Waals surface area contributed by atoms with E-state index in [4.69, 9.17) is 20.1 Å². The number of pyridine rings is 1. The van der Waals surface area contributed by atoms with Gasteiger partial charge in [-0.2, -0.15) is 5.26 Å². The second kappa shape index (κ2) is 9.13. The second-order valence-electron chi connectivity index (χ2n) is 7.73. The first-order valence-electron chi connectivity index (χ1n) is 10.2. The van der Waals surface area contributed by atoms with Crippen molar-refractivity contribution in [3.8, 4) is 11.8 Å². The lowest BCUT2D eigenvalue weighted by Crippen LogP contribution is -2.46. The molecule has 2 aromatic heterocycles. The molecule has 0 amide bonds. The maximum atomic E-state index is 8.86. The standard InChI is InChI=1S/C24H25N5O2/c1-16-4-3-5-20-21(7-9-27-23(16)20)31-22(6-8-25)24-17(2)19(11-28-24)14-30-15-29-12-18(10-26)13-29/h3-9,11,18,25,28H,12-15H2,1-2H3/b22-6+,25-8?. The molecule has 4 rings (SSSR count). The Hall–Kier alpha value is -3.47. The minimum Gasteiger partial charge on any atom is -0.454 e. The highest BCUT2D eigenvalue weighted by Gasteiger charge is 2.26. The van der Waals surface area contributed by atoms with Gasteiger partial charge in [-0.25, -0.2) is 0 Å². The Labute approximate surface area is 181 Å². The predicted molar refractivity (Wildman–Crippen MR) is 120 cm³/mol. The summed E-state index contributed by atoms with van der Waals surface area (Å²) in [5.74, 6) is 1.38. The zero-order chi connectivity index (χ0) is 21.8. The number of hydrogen-bond acceptors (Lipinski definition) is 6. The third-order valence-electron chi connectivity index (χ3n) is 5.55. The number of aryl methyl sites for hydroxylation is 1. The fraction of sp³-hybridized carbons (Fsp3) is 0.292. The van der Waals surface area contributed by atoms with Crippen LogP contribution in [0.15, 0.2) is 42.7 Å². The van der Waals surface area contributed by atoms with Gasteiger partial charge in [-0.1, -0.05) is 12.1 Å². The van der Waals surface area contributed by atoms with Crippen molar-refractivity contribution < 1.29 is 9.47 Å². The van der Waals surface area contributed by atoms with Gasteiger partial charge in [0.2, 0.25) is 0 Å². The molecule has 0 atom stereocenters. The Bertz CT molecular complexity index is 1170. The van der Waals surface area contributed by atoms with E-state index in [0.29, 0.717) is 24.8 Å². The first kappa shape index (κ1) is 20.8. The number of fused-ring (bicyclic) bond motifs is 1. The number of nitrogens with zero attached hydrogens (tertiary/aromatic N) is 3. The Kier molecular flexibility index (Phi) is 6.12. The van der Waals surface area contributed by atoms with E-state index in [9.17, 15) is 0 Å². The Morgan fingerprint density at radius 3 is 2.97 bits per heavy atom. The molecule has 0 radical (unpaired) electrons. The smallest absolute Gasteiger partial charge is 0.152 e. The lowest BCUT2D eigenvalue weighted by atomic mass is 10.0. The molecule has 31 heavy (non-hydrogen) atoms. The van der Waals surface area contributed by atoms with Crippen molar-refractivity contribution in [2.24, 2.45) is 5.92 Å². The van der Waals surface area contributed by atoms with Crippen molar-refractivity contribution in [2.75, 3.05) is 19.8 Å². The van der Waals surface area contributed by atoms with Gasteiger partial charge in [0, 0.05) is 43.2 Å². The number of rotatable bonds is 8. The minimum atomic E-state index is 0.128. The maximum absolute atomic E-state index is 8.86.